The molecule has 0 aliphatic heterocycles. The van der Waals surface area contributed by atoms with Crippen LogP contribution in [0.2, 0.25) is 0 Å². The summed E-state index contributed by atoms with van der Waals surface area (Å²) in [5.41, 5.74) is 3.50. The number of nitrogens with zero attached hydrogens (tertiary/aromatic N) is 3. The van der Waals surface area contributed by atoms with E-state index in [2.05, 4.69) is 20.4 Å². The van der Waals surface area contributed by atoms with Gasteiger partial charge in [-0.25, -0.2) is 4.98 Å². The lowest BCUT2D eigenvalue weighted by atomic mass is 10.1. The van der Waals surface area contributed by atoms with Gasteiger partial charge in [-0.2, -0.15) is 4.98 Å². The number of carbonyl (C=O) groups excluding carboxylic acids is 1. The topological polar surface area (TPSA) is 90.1 Å². The molecule has 1 N–H and O–H groups in total. The number of nitrogens with one attached hydrogen (secondary N) is 1. The van der Waals surface area contributed by atoms with Crippen molar-refractivity contribution in [3.63, 3.8) is 0 Å². The summed E-state index contributed by atoms with van der Waals surface area (Å²) in [6, 6.07) is 15.1. The molecule has 146 valence electrons. The highest BCUT2D eigenvalue weighted by Crippen LogP contribution is 2.30. The molecule has 0 bridgehead atoms. The number of carbonyl (C=O) groups is 1. The minimum absolute atomic E-state index is 0.158. The molecule has 0 spiro atoms. The standard InChI is InChI=1S/C21H18N4O3S/c1-13-7-9-15(10-8-13)19-24-20(28-25-19)16-5-3-4-6-17(16)27-11-18(26)23-21-22-14(2)12-29-21/h3-10,12H,11H2,1-2H3,(H,22,23,26). The maximum atomic E-state index is 12.1. The summed E-state index contributed by atoms with van der Waals surface area (Å²) in [5, 5.41) is 9.19. The van der Waals surface area contributed by atoms with Crippen LogP contribution in [0.4, 0.5) is 5.13 Å². The quantitative estimate of drug-likeness (QED) is 0.507. The van der Waals surface area contributed by atoms with Gasteiger partial charge in [-0.15, -0.1) is 11.3 Å². The van der Waals surface area contributed by atoms with Crippen LogP contribution >= 0.6 is 11.3 Å². The predicted octanol–water partition coefficient (Wildman–Crippen LogP) is 4.49. The van der Waals surface area contributed by atoms with E-state index in [0.717, 1.165) is 16.8 Å². The van der Waals surface area contributed by atoms with Gasteiger partial charge in [0.25, 0.3) is 11.8 Å². The van der Waals surface area contributed by atoms with Crippen LogP contribution in [0.1, 0.15) is 11.3 Å². The molecule has 0 unspecified atom stereocenters. The Kier molecular flexibility index (Phi) is 5.35. The zero-order chi connectivity index (χ0) is 20.2. The lowest BCUT2D eigenvalue weighted by Gasteiger charge is -2.08. The zero-order valence-corrected chi connectivity index (χ0v) is 16.7. The smallest absolute Gasteiger partial charge is 0.264 e. The van der Waals surface area contributed by atoms with Crippen LogP contribution < -0.4 is 10.1 Å². The Morgan fingerprint density at radius 2 is 1.90 bits per heavy atom. The van der Waals surface area contributed by atoms with E-state index in [4.69, 9.17) is 9.26 Å². The van der Waals surface area contributed by atoms with Gasteiger partial charge in [0.2, 0.25) is 5.82 Å². The van der Waals surface area contributed by atoms with E-state index in [1.54, 1.807) is 6.07 Å². The molecule has 1 amide bonds. The second-order valence-electron chi connectivity index (χ2n) is 6.42. The maximum absolute atomic E-state index is 12.1. The number of ether oxygens (including phenoxy) is 1. The van der Waals surface area contributed by atoms with Crippen molar-refractivity contribution < 1.29 is 14.1 Å². The number of hydrogen-bond donors (Lipinski definition) is 1. The lowest BCUT2D eigenvalue weighted by molar-refractivity contribution is -0.118. The fourth-order valence-electron chi connectivity index (χ4n) is 2.63. The Morgan fingerprint density at radius 3 is 2.66 bits per heavy atom. The van der Waals surface area contributed by atoms with Crippen molar-refractivity contribution in [1.29, 1.82) is 0 Å². The summed E-state index contributed by atoms with van der Waals surface area (Å²) in [6.07, 6.45) is 0. The molecule has 0 fully saturated rings. The largest absolute Gasteiger partial charge is 0.483 e. The highest BCUT2D eigenvalue weighted by molar-refractivity contribution is 7.13. The molecule has 0 atom stereocenters. The van der Waals surface area contributed by atoms with Crippen LogP contribution in [0.3, 0.4) is 0 Å². The first-order valence-corrected chi connectivity index (χ1v) is 9.81. The fourth-order valence-corrected chi connectivity index (χ4v) is 3.34. The van der Waals surface area contributed by atoms with Gasteiger partial charge in [0.1, 0.15) is 5.75 Å². The van der Waals surface area contributed by atoms with Gasteiger partial charge in [-0.05, 0) is 26.0 Å². The monoisotopic (exact) mass is 406 g/mol. The molecule has 2 aromatic carbocycles. The number of para-hydroxylation sites is 1. The molecule has 2 heterocycles. The summed E-state index contributed by atoms with van der Waals surface area (Å²) in [6.45, 7) is 3.73. The Labute approximate surface area is 171 Å². The van der Waals surface area contributed by atoms with Crippen molar-refractivity contribution in [2.75, 3.05) is 11.9 Å². The molecular weight excluding hydrogens is 388 g/mol. The number of aryl methyl sites for hydroxylation is 2. The normalized spacial score (nSPS) is 10.7. The minimum Gasteiger partial charge on any atom is -0.483 e. The summed E-state index contributed by atoms with van der Waals surface area (Å²) < 4.78 is 11.1. The molecule has 0 aliphatic rings. The molecule has 0 saturated heterocycles. The minimum atomic E-state index is -0.292. The molecule has 2 aromatic heterocycles. The predicted molar refractivity (Wildman–Crippen MR) is 111 cm³/mol. The SMILES string of the molecule is Cc1ccc(-c2noc(-c3ccccc3OCC(=O)Nc3nc(C)cs3)n2)cc1. The molecule has 4 aromatic rings. The van der Waals surface area contributed by atoms with E-state index in [9.17, 15) is 4.79 Å². The second kappa shape index (κ2) is 8.24. The van der Waals surface area contributed by atoms with Crippen molar-refractivity contribution in [3.8, 4) is 28.6 Å². The molecular formula is C21H18N4O3S. The maximum Gasteiger partial charge on any atom is 0.264 e. The molecule has 29 heavy (non-hydrogen) atoms. The van der Waals surface area contributed by atoms with Crippen LogP contribution in [0, 0.1) is 13.8 Å². The Bertz CT molecular complexity index is 1130. The summed E-state index contributed by atoms with van der Waals surface area (Å²) in [5.74, 6) is 1.01. The van der Waals surface area contributed by atoms with E-state index in [1.807, 2.05) is 61.7 Å². The molecule has 8 heteroatoms. The first-order valence-electron chi connectivity index (χ1n) is 8.93. The summed E-state index contributed by atoms with van der Waals surface area (Å²) in [4.78, 5) is 20.8. The van der Waals surface area contributed by atoms with Crippen molar-refractivity contribution in [2.45, 2.75) is 13.8 Å². The van der Waals surface area contributed by atoms with Crippen molar-refractivity contribution >= 4 is 22.4 Å². The zero-order valence-electron chi connectivity index (χ0n) is 15.9. The average Bonchev–Trinajstić information content (AvgIpc) is 3.36. The van der Waals surface area contributed by atoms with Gasteiger partial charge in [0.05, 0.1) is 11.3 Å². The van der Waals surface area contributed by atoms with Gasteiger partial charge in [-0.3, -0.25) is 10.1 Å². The first kappa shape index (κ1) is 18.8. The summed E-state index contributed by atoms with van der Waals surface area (Å²) in [7, 11) is 0. The molecule has 4 rings (SSSR count). The van der Waals surface area contributed by atoms with Crippen LogP contribution in [0.25, 0.3) is 22.8 Å². The average molecular weight is 406 g/mol. The summed E-state index contributed by atoms with van der Waals surface area (Å²) >= 11 is 1.37. The van der Waals surface area contributed by atoms with Crippen molar-refractivity contribution in [3.05, 3.63) is 65.2 Å². The highest BCUT2D eigenvalue weighted by Gasteiger charge is 2.16. The van der Waals surface area contributed by atoms with E-state index >= 15 is 0 Å². The van der Waals surface area contributed by atoms with Gasteiger partial charge >= 0.3 is 0 Å². The van der Waals surface area contributed by atoms with E-state index in [0.29, 0.717) is 28.2 Å². The van der Waals surface area contributed by atoms with Gasteiger partial charge < -0.3 is 9.26 Å². The third-order valence-corrected chi connectivity index (χ3v) is 4.95. The van der Waals surface area contributed by atoms with E-state index < -0.39 is 0 Å². The number of rotatable bonds is 6. The molecule has 0 saturated carbocycles. The Hall–Kier alpha value is -3.52. The fraction of sp³-hybridized carbons (Fsp3) is 0.143. The number of hydrogen-bond acceptors (Lipinski definition) is 7. The highest BCUT2D eigenvalue weighted by atomic mass is 32.1. The first-order chi connectivity index (χ1) is 14.1. The van der Waals surface area contributed by atoms with E-state index in [-0.39, 0.29) is 12.5 Å². The Balaban J connectivity index is 1.48. The van der Waals surface area contributed by atoms with Crippen LogP contribution in [0.15, 0.2) is 58.4 Å². The van der Waals surface area contributed by atoms with Crippen LogP contribution in [-0.2, 0) is 4.79 Å². The molecule has 0 aliphatic carbocycles. The van der Waals surface area contributed by atoms with E-state index in [1.165, 1.54) is 11.3 Å². The third-order valence-electron chi connectivity index (χ3n) is 4.08. The lowest BCUT2D eigenvalue weighted by Crippen LogP contribution is -2.20. The van der Waals surface area contributed by atoms with Gasteiger partial charge in [0.15, 0.2) is 11.7 Å². The third kappa shape index (κ3) is 4.49. The molecule has 7 nitrogen and oxygen atoms in total. The number of amides is 1. The van der Waals surface area contributed by atoms with Crippen LogP contribution in [-0.4, -0.2) is 27.6 Å². The number of anilines is 1. The number of benzene rings is 2. The second-order valence-corrected chi connectivity index (χ2v) is 7.27. The molecule has 0 radical (unpaired) electrons. The van der Waals surface area contributed by atoms with Gasteiger partial charge in [-0.1, -0.05) is 47.1 Å². The van der Waals surface area contributed by atoms with Crippen molar-refractivity contribution in [2.24, 2.45) is 0 Å². The van der Waals surface area contributed by atoms with Crippen molar-refractivity contribution in [1.82, 2.24) is 15.1 Å². The van der Waals surface area contributed by atoms with Gasteiger partial charge in [0, 0.05) is 10.9 Å². The number of thiazole rings is 1. The van der Waals surface area contributed by atoms with Crippen LogP contribution in [0.5, 0.6) is 5.75 Å². The Morgan fingerprint density at radius 1 is 1.10 bits per heavy atom. The number of aromatic nitrogens is 3.